The molecule has 3 nitrogen and oxygen atoms in total. The van der Waals surface area contributed by atoms with Gasteiger partial charge in [-0.2, -0.15) is 0 Å². The monoisotopic (exact) mass is 261 g/mol. The van der Waals surface area contributed by atoms with Crippen molar-refractivity contribution in [2.24, 2.45) is 17.2 Å². The van der Waals surface area contributed by atoms with Crippen LogP contribution in [-0.2, 0) is 0 Å². The van der Waals surface area contributed by atoms with Gasteiger partial charge in [0.15, 0.2) is 0 Å². The molecular formula is C12H11N3S2. The van der Waals surface area contributed by atoms with Gasteiger partial charge >= 0.3 is 0 Å². The quantitative estimate of drug-likeness (QED) is 0.560. The van der Waals surface area contributed by atoms with E-state index in [-0.39, 0.29) is 0 Å². The first-order valence-corrected chi connectivity index (χ1v) is 6.83. The SMILES string of the molecule is NC=c1c2sccc2c(=C(N)N)c2ccsc12. The van der Waals surface area contributed by atoms with Crippen LogP contribution in [0.15, 0.2) is 22.9 Å². The molecule has 0 unspecified atom stereocenters. The summed E-state index contributed by atoms with van der Waals surface area (Å²) in [5.41, 5.74) is 17.4. The minimum atomic E-state index is 0.361. The molecule has 17 heavy (non-hydrogen) atoms. The van der Waals surface area contributed by atoms with Gasteiger partial charge in [-0.1, -0.05) is 0 Å². The Kier molecular flexibility index (Phi) is 2.24. The fourth-order valence-corrected chi connectivity index (χ4v) is 4.07. The van der Waals surface area contributed by atoms with Gasteiger partial charge in [-0.3, -0.25) is 0 Å². The van der Waals surface area contributed by atoms with E-state index in [0.717, 1.165) is 30.6 Å². The smallest absolute Gasteiger partial charge is 0.102 e. The largest absolute Gasteiger partial charge is 0.404 e. The first-order valence-electron chi connectivity index (χ1n) is 5.07. The van der Waals surface area contributed by atoms with Crippen LogP contribution in [0.1, 0.15) is 0 Å². The second-order valence-electron chi connectivity index (χ2n) is 3.74. The van der Waals surface area contributed by atoms with Crippen LogP contribution in [0, 0.1) is 0 Å². The summed E-state index contributed by atoms with van der Waals surface area (Å²) in [6, 6.07) is 4.08. The molecule has 0 fully saturated rings. The molecule has 0 aliphatic heterocycles. The fourth-order valence-electron chi connectivity index (χ4n) is 2.14. The van der Waals surface area contributed by atoms with Crippen molar-refractivity contribution in [2.75, 3.05) is 0 Å². The number of benzene rings is 1. The molecule has 86 valence electrons. The first kappa shape index (κ1) is 10.4. The van der Waals surface area contributed by atoms with Crippen LogP contribution >= 0.6 is 22.7 Å². The highest BCUT2D eigenvalue weighted by Gasteiger charge is 2.08. The van der Waals surface area contributed by atoms with E-state index in [4.69, 9.17) is 17.2 Å². The fraction of sp³-hybridized carbons (Fsp3) is 0. The first-order chi connectivity index (χ1) is 8.24. The van der Waals surface area contributed by atoms with Gasteiger partial charge in [-0.05, 0) is 22.9 Å². The molecule has 0 saturated carbocycles. The van der Waals surface area contributed by atoms with Crippen LogP contribution in [0.4, 0.5) is 0 Å². The van der Waals surface area contributed by atoms with Crippen molar-refractivity contribution in [3.63, 3.8) is 0 Å². The van der Waals surface area contributed by atoms with Crippen molar-refractivity contribution in [1.29, 1.82) is 0 Å². The standard InChI is InChI=1S/C12H11N3S2/c13-5-8-10-6(1-3-16-10)9(12(14)15)7-2-4-17-11(7)8/h1-5H,13-15H2. The van der Waals surface area contributed by atoms with E-state index in [1.807, 2.05) is 22.9 Å². The van der Waals surface area contributed by atoms with Crippen molar-refractivity contribution in [3.05, 3.63) is 33.3 Å². The molecule has 3 aromatic rings. The van der Waals surface area contributed by atoms with Crippen LogP contribution in [-0.4, -0.2) is 0 Å². The Morgan fingerprint density at radius 3 is 1.94 bits per heavy atom. The van der Waals surface area contributed by atoms with Crippen LogP contribution < -0.4 is 27.6 Å². The molecule has 0 atom stereocenters. The molecule has 0 saturated heterocycles. The molecule has 6 N–H and O–H groups in total. The van der Waals surface area contributed by atoms with E-state index in [2.05, 4.69) is 0 Å². The summed E-state index contributed by atoms with van der Waals surface area (Å²) in [6.45, 7) is 0. The highest BCUT2D eigenvalue weighted by Crippen LogP contribution is 2.21. The molecule has 2 heterocycles. The van der Waals surface area contributed by atoms with Gasteiger partial charge in [0.2, 0.25) is 0 Å². The number of hydrogen-bond donors (Lipinski definition) is 3. The highest BCUT2D eigenvalue weighted by atomic mass is 32.1. The molecular weight excluding hydrogens is 250 g/mol. The lowest BCUT2D eigenvalue weighted by Gasteiger charge is -2.00. The molecule has 3 rings (SSSR count). The third-order valence-corrected chi connectivity index (χ3v) is 4.71. The molecule has 0 radical (unpaired) electrons. The lowest BCUT2D eigenvalue weighted by molar-refractivity contribution is 1.43. The average Bonchev–Trinajstić information content (AvgIpc) is 2.92. The molecule has 0 aliphatic rings. The van der Waals surface area contributed by atoms with Gasteiger partial charge < -0.3 is 17.2 Å². The van der Waals surface area contributed by atoms with Crippen molar-refractivity contribution < 1.29 is 0 Å². The Bertz CT molecular complexity index is 765. The molecule has 0 aliphatic carbocycles. The molecule has 0 bridgehead atoms. The third-order valence-electron chi connectivity index (χ3n) is 2.81. The lowest BCUT2D eigenvalue weighted by atomic mass is 10.1. The van der Waals surface area contributed by atoms with Crippen molar-refractivity contribution in [3.8, 4) is 0 Å². The summed E-state index contributed by atoms with van der Waals surface area (Å²) in [4.78, 5) is 0. The Morgan fingerprint density at radius 1 is 1.00 bits per heavy atom. The van der Waals surface area contributed by atoms with Crippen LogP contribution in [0.3, 0.4) is 0 Å². The van der Waals surface area contributed by atoms with Gasteiger partial charge in [0.25, 0.3) is 0 Å². The lowest BCUT2D eigenvalue weighted by Crippen LogP contribution is -2.23. The summed E-state index contributed by atoms with van der Waals surface area (Å²) in [5, 5.41) is 8.24. The maximum atomic E-state index is 5.82. The van der Waals surface area contributed by atoms with Gasteiger partial charge in [0, 0.05) is 36.8 Å². The topological polar surface area (TPSA) is 78.1 Å². The summed E-state index contributed by atoms with van der Waals surface area (Å²) in [5.74, 6) is 0.361. The van der Waals surface area contributed by atoms with E-state index in [0.29, 0.717) is 5.82 Å². The Balaban J connectivity index is 2.85. The number of rotatable bonds is 0. The van der Waals surface area contributed by atoms with Crippen LogP contribution in [0.25, 0.3) is 32.2 Å². The predicted octanol–water partition coefficient (Wildman–Crippen LogP) is 0.796. The Hall–Kier alpha value is -1.72. The van der Waals surface area contributed by atoms with E-state index < -0.39 is 0 Å². The van der Waals surface area contributed by atoms with Gasteiger partial charge in [0.05, 0.1) is 0 Å². The zero-order valence-electron chi connectivity index (χ0n) is 8.94. The number of thiophene rings is 2. The van der Waals surface area contributed by atoms with E-state index in [1.54, 1.807) is 28.9 Å². The zero-order chi connectivity index (χ0) is 12.0. The van der Waals surface area contributed by atoms with Gasteiger partial charge in [-0.25, -0.2) is 0 Å². The minimum Gasteiger partial charge on any atom is -0.404 e. The van der Waals surface area contributed by atoms with E-state index >= 15 is 0 Å². The van der Waals surface area contributed by atoms with E-state index in [9.17, 15) is 0 Å². The van der Waals surface area contributed by atoms with Crippen molar-refractivity contribution >= 4 is 54.9 Å². The zero-order valence-corrected chi connectivity index (χ0v) is 10.6. The number of hydrogen-bond acceptors (Lipinski definition) is 5. The molecule has 0 spiro atoms. The summed E-state index contributed by atoms with van der Waals surface area (Å²) < 4.78 is 2.29. The van der Waals surface area contributed by atoms with E-state index in [1.165, 1.54) is 0 Å². The van der Waals surface area contributed by atoms with Gasteiger partial charge in [-0.15, -0.1) is 22.7 Å². The molecule has 2 aromatic heterocycles. The maximum Gasteiger partial charge on any atom is 0.102 e. The highest BCUT2D eigenvalue weighted by molar-refractivity contribution is 7.19. The van der Waals surface area contributed by atoms with Gasteiger partial charge in [0.1, 0.15) is 5.82 Å². The maximum absolute atomic E-state index is 5.82. The third kappa shape index (κ3) is 1.33. The second kappa shape index (κ2) is 3.65. The molecule has 1 aromatic carbocycles. The average molecular weight is 261 g/mol. The Morgan fingerprint density at radius 2 is 1.53 bits per heavy atom. The Labute approximate surface area is 105 Å². The molecule has 5 heteroatoms. The summed E-state index contributed by atoms with van der Waals surface area (Å²) >= 11 is 3.32. The number of nitrogens with two attached hydrogens (primary N) is 3. The van der Waals surface area contributed by atoms with Crippen molar-refractivity contribution in [1.82, 2.24) is 0 Å². The summed E-state index contributed by atoms with van der Waals surface area (Å²) in [6.07, 6.45) is 1.66. The minimum absolute atomic E-state index is 0.361. The number of fused-ring (bicyclic) bond motifs is 2. The predicted molar refractivity (Wildman–Crippen MR) is 76.9 cm³/mol. The normalized spacial score (nSPS) is 11.1. The van der Waals surface area contributed by atoms with Crippen LogP contribution in [0.2, 0.25) is 0 Å². The second-order valence-corrected chi connectivity index (χ2v) is 5.57. The molecule has 0 amide bonds. The van der Waals surface area contributed by atoms with Crippen molar-refractivity contribution in [2.45, 2.75) is 0 Å². The summed E-state index contributed by atoms with van der Waals surface area (Å²) in [7, 11) is 0. The van der Waals surface area contributed by atoms with Crippen LogP contribution in [0.5, 0.6) is 0 Å².